The summed E-state index contributed by atoms with van der Waals surface area (Å²) in [6.45, 7) is 1.49. The molecular weight excluding hydrogens is 312 g/mol. The Hall–Kier alpha value is -1.86. The van der Waals surface area contributed by atoms with Crippen LogP contribution in [-0.2, 0) is 5.60 Å². The standard InChI is InChI=1S/C15H15F2NO3S/c1-15(20,12-3-2-8-21-12)9-18-13(19)10-4-6-11(7-5-10)22-14(16)17/h2-8,14,20H,9H2,1H3,(H,18,19). The number of amides is 1. The fraction of sp³-hybridized carbons (Fsp3) is 0.267. The monoisotopic (exact) mass is 327 g/mol. The van der Waals surface area contributed by atoms with E-state index in [9.17, 15) is 18.7 Å². The van der Waals surface area contributed by atoms with E-state index in [0.29, 0.717) is 28.0 Å². The Morgan fingerprint density at radius 1 is 1.36 bits per heavy atom. The molecule has 1 atom stereocenters. The van der Waals surface area contributed by atoms with Gasteiger partial charge in [0, 0.05) is 10.5 Å². The molecule has 0 aliphatic rings. The molecule has 0 bridgehead atoms. The van der Waals surface area contributed by atoms with E-state index in [0.717, 1.165) is 0 Å². The lowest BCUT2D eigenvalue weighted by molar-refractivity contribution is 0.0330. The Morgan fingerprint density at radius 3 is 2.59 bits per heavy atom. The molecule has 2 aromatic rings. The first kappa shape index (κ1) is 16.5. The second-order valence-corrected chi connectivity index (χ2v) is 5.90. The zero-order chi connectivity index (χ0) is 16.2. The van der Waals surface area contributed by atoms with Gasteiger partial charge in [-0.25, -0.2) is 0 Å². The molecule has 7 heteroatoms. The summed E-state index contributed by atoms with van der Waals surface area (Å²) in [5, 5.41) is 12.8. The molecule has 0 fully saturated rings. The number of halogens is 2. The van der Waals surface area contributed by atoms with Gasteiger partial charge in [-0.05, 0) is 43.3 Å². The average Bonchev–Trinajstić information content (AvgIpc) is 3.00. The number of rotatable bonds is 6. The summed E-state index contributed by atoms with van der Waals surface area (Å²) < 4.78 is 29.5. The molecule has 0 aliphatic carbocycles. The van der Waals surface area contributed by atoms with Crippen molar-refractivity contribution in [2.75, 3.05) is 6.54 Å². The number of carbonyl (C=O) groups is 1. The van der Waals surface area contributed by atoms with Crippen LogP contribution in [0.1, 0.15) is 23.0 Å². The minimum Gasteiger partial charge on any atom is -0.466 e. The maximum atomic E-state index is 12.2. The van der Waals surface area contributed by atoms with Gasteiger partial charge in [0.2, 0.25) is 0 Å². The molecule has 1 aromatic carbocycles. The third kappa shape index (κ3) is 4.32. The normalized spacial score (nSPS) is 13.9. The Kier molecular flexibility index (Phi) is 5.20. The largest absolute Gasteiger partial charge is 0.466 e. The Labute approximate surface area is 130 Å². The number of hydrogen-bond acceptors (Lipinski definition) is 4. The van der Waals surface area contributed by atoms with Crippen molar-refractivity contribution in [2.45, 2.75) is 23.2 Å². The van der Waals surface area contributed by atoms with Crippen LogP contribution >= 0.6 is 11.8 Å². The number of hydrogen-bond donors (Lipinski definition) is 2. The van der Waals surface area contributed by atoms with Crippen molar-refractivity contribution in [3.8, 4) is 0 Å². The summed E-state index contributed by atoms with van der Waals surface area (Å²) in [6, 6.07) is 9.09. The molecule has 0 spiro atoms. The van der Waals surface area contributed by atoms with Gasteiger partial charge in [0.05, 0.1) is 12.8 Å². The highest BCUT2D eigenvalue weighted by molar-refractivity contribution is 7.99. The first-order valence-corrected chi connectivity index (χ1v) is 7.36. The van der Waals surface area contributed by atoms with Crippen molar-refractivity contribution >= 4 is 17.7 Å². The number of carbonyl (C=O) groups excluding carboxylic acids is 1. The summed E-state index contributed by atoms with van der Waals surface area (Å²) in [5.74, 6) is -2.56. The lowest BCUT2D eigenvalue weighted by Gasteiger charge is -2.21. The van der Waals surface area contributed by atoms with Crippen LogP contribution in [0.25, 0.3) is 0 Å². The number of aliphatic hydroxyl groups is 1. The van der Waals surface area contributed by atoms with Gasteiger partial charge in [-0.3, -0.25) is 4.79 Å². The molecule has 2 rings (SSSR count). The van der Waals surface area contributed by atoms with E-state index in [1.807, 2.05) is 0 Å². The molecule has 1 aromatic heterocycles. The molecule has 118 valence electrons. The van der Waals surface area contributed by atoms with Crippen molar-refractivity contribution in [3.05, 3.63) is 54.0 Å². The fourth-order valence-electron chi connectivity index (χ4n) is 1.81. The predicted molar refractivity (Wildman–Crippen MR) is 78.9 cm³/mol. The van der Waals surface area contributed by atoms with Crippen LogP contribution in [0.4, 0.5) is 8.78 Å². The van der Waals surface area contributed by atoms with E-state index >= 15 is 0 Å². The Balaban J connectivity index is 1.95. The van der Waals surface area contributed by atoms with E-state index < -0.39 is 17.3 Å². The number of benzene rings is 1. The van der Waals surface area contributed by atoms with Crippen LogP contribution < -0.4 is 5.32 Å². The summed E-state index contributed by atoms with van der Waals surface area (Å²) in [5.41, 5.74) is -1.00. The van der Waals surface area contributed by atoms with Gasteiger partial charge in [-0.1, -0.05) is 11.8 Å². The van der Waals surface area contributed by atoms with Crippen LogP contribution in [0, 0.1) is 0 Å². The van der Waals surface area contributed by atoms with Crippen molar-refractivity contribution in [2.24, 2.45) is 0 Å². The molecule has 0 saturated heterocycles. The van der Waals surface area contributed by atoms with Crippen molar-refractivity contribution in [3.63, 3.8) is 0 Å². The second kappa shape index (κ2) is 6.93. The first-order valence-electron chi connectivity index (χ1n) is 6.48. The molecular formula is C15H15F2NO3S. The predicted octanol–water partition coefficient (Wildman–Crippen LogP) is 3.23. The molecule has 22 heavy (non-hydrogen) atoms. The average molecular weight is 327 g/mol. The van der Waals surface area contributed by atoms with Gasteiger partial charge in [0.1, 0.15) is 11.4 Å². The fourth-order valence-corrected chi connectivity index (χ4v) is 2.31. The molecule has 2 N–H and O–H groups in total. The maximum Gasteiger partial charge on any atom is 0.288 e. The first-order chi connectivity index (χ1) is 10.4. The van der Waals surface area contributed by atoms with Crippen LogP contribution in [0.2, 0.25) is 0 Å². The number of thioether (sulfide) groups is 1. The van der Waals surface area contributed by atoms with Gasteiger partial charge in [-0.15, -0.1) is 0 Å². The summed E-state index contributed by atoms with van der Waals surface area (Å²) in [4.78, 5) is 12.4. The molecule has 1 unspecified atom stereocenters. The lowest BCUT2D eigenvalue weighted by Crippen LogP contribution is -2.38. The van der Waals surface area contributed by atoms with Gasteiger partial charge >= 0.3 is 0 Å². The highest BCUT2D eigenvalue weighted by Crippen LogP contribution is 2.25. The number of nitrogens with one attached hydrogen (secondary N) is 1. The van der Waals surface area contributed by atoms with Crippen LogP contribution in [-0.4, -0.2) is 23.3 Å². The minimum atomic E-state index is -2.50. The second-order valence-electron chi connectivity index (χ2n) is 4.84. The maximum absolute atomic E-state index is 12.2. The number of furan rings is 1. The van der Waals surface area contributed by atoms with Crippen molar-refractivity contribution in [1.82, 2.24) is 5.32 Å². The zero-order valence-electron chi connectivity index (χ0n) is 11.8. The summed E-state index contributed by atoms with van der Waals surface area (Å²) >= 11 is 0.417. The Bertz CT molecular complexity index is 612. The minimum absolute atomic E-state index is 0.0348. The zero-order valence-corrected chi connectivity index (χ0v) is 12.6. The third-order valence-electron chi connectivity index (χ3n) is 2.99. The van der Waals surface area contributed by atoms with Crippen molar-refractivity contribution < 1.29 is 23.1 Å². The number of alkyl halides is 2. The molecule has 0 saturated carbocycles. The topological polar surface area (TPSA) is 62.5 Å². The van der Waals surface area contributed by atoms with Gasteiger partial charge in [0.15, 0.2) is 0 Å². The van der Waals surface area contributed by atoms with E-state index in [1.165, 1.54) is 37.5 Å². The van der Waals surface area contributed by atoms with Gasteiger partial charge in [-0.2, -0.15) is 8.78 Å². The SMILES string of the molecule is CC(O)(CNC(=O)c1ccc(SC(F)F)cc1)c1ccco1. The van der Waals surface area contributed by atoms with E-state index in [-0.39, 0.29) is 6.54 Å². The van der Waals surface area contributed by atoms with E-state index in [2.05, 4.69) is 5.32 Å². The third-order valence-corrected chi connectivity index (χ3v) is 3.71. The molecule has 1 heterocycles. The Morgan fingerprint density at radius 2 is 2.05 bits per heavy atom. The lowest BCUT2D eigenvalue weighted by atomic mass is 10.0. The molecule has 4 nitrogen and oxygen atoms in total. The molecule has 0 aliphatic heterocycles. The highest BCUT2D eigenvalue weighted by atomic mass is 32.2. The molecule has 0 radical (unpaired) electrons. The summed E-state index contributed by atoms with van der Waals surface area (Å²) in [6.07, 6.45) is 1.44. The van der Waals surface area contributed by atoms with Crippen LogP contribution in [0.15, 0.2) is 52.0 Å². The van der Waals surface area contributed by atoms with Crippen LogP contribution in [0.5, 0.6) is 0 Å². The quantitative estimate of drug-likeness (QED) is 0.800. The van der Waals surface area contributed by atoms with Crippen molar-refractivity contribution in [1.29, 1.82) is 0 Å². The van der Waals surface area contributed by atoms with Gasteiger partial charge < -0.3 is 14.8 Å². The smallest absolute Gasteiger partial charge is 0.288 e. The molecule has 1 amide bonds. The van der Waals surface area contributed by atoms with Gasteiger partial charge in [0.25, 0.3) is 11.7 Å². The van der Waals surface area contributed by atoms with E-state index in [1.54, 1.807) is 12.1 Å². The summed E-state index contributed by atoms with van der Waals surface area (Å²) in [7, 11) is 0. The van der Waals surface area contributed by atoms with Crippen LogP contribution in [0.3, 0.4) is 0 Å². The highest BCUT2D eigenvalue weighted by Gasteiger charge is 2.26. The van der Waals surface area contributed by atoms with E-state index in [4.69, 9.17) is 4.42 Å².